The third-order valence-electron chi connectivity index (χ3n) is 2.94. The third kappa shape index (κ3) is 1.06. The zero-order chi connectivity index (χ0) is 9.71. The molecule has 0 saturated carbocycles. The SMILES string of the molecule is NC1CCn2c1cc1cc(Br)ccc12. The summed E-state index contributed by atoms with van der Waals surface area (Å²) in [6.45, 7) is 1.06. The van der Waals surface area contributed by atoms with E-state index in [9.17, 15) is 0 Å². The molecule has 2 aromatic rings. The molecular formula is C11H11BrN2. The Kier molecular flexibility index (Phi) is 1.73. The van der Waals surface area contributed by atoms with Crippen LogP contribution in [0.4, 0.5) is 0 Å². The number of benzene rings is 1. The van der Waals surface area contributed by atoms with E-state index in [0.29, 0.717) is 0 Å². The molecule has 1 aliphatic heterocycles. The number of halogens is 1. The molecule has 2 nitrogen and oxygen atoms in total. The molecule has 1 aromatic carbocycles. The normalized spacial score (nSPS) is 20.3. The zero-order valence-corrected chi connectivity index (χ0v) is 9.29. The van der Waals surface area contributed by atoms with E-state index in [0.717, 1.165) is 17.4 Å². The Labute approximate surface area is 90.8 Å². The van der Waals surface area contributed by atoms with Gasteiger partial charge in [0.25, 0.3) is 0 Å². The average Bonchev–Trinajstić information content (AvgIpc) is 2.66. The maximum atomic E-state index is 6.02. The van der Waals surface area contributed by atoms with Crippen LogP contribution in [0.3, 0.4) is 0 Å². The molecule has 0 spiro atoms. The number of rotatable bonds is 0. The summed E-state index contributed by atoms with van der Waals surface area (Å²) in [7, 11) is 0. The molecule has 0 radical (unpaired) electrons. The van der Waals surface area contributed by atoms with Gasteiger partial charge in [0, 0.05) is 33.7 Å². The topological polar surface area (TPSA) is 30.9 Å². The number of nitrogens with two attached hydrogens (primary N) is 1. The Bertz CT molecular complexity index is 501. The van der Waals surface area contributed by atoms with Crippen LogP contribution in [0.25, 0.3) is 10.9 Å². The highest BCUT2D eigenvalue weighted by atomic mass is 79.9. The summed E-state index contributed by atoms with van der Waals surface area (Å²) in [5.74, 6) is 0. The van der Waals surface area contributed by atoms with Gasteiger partial charge < -0.3 is 10.3 Å². The van der Waals surface area contributed by atoms with Gasteiger partial charge in [-0.2, -0.15) is 0 Å². The Morgan fingerprint density at radius 2 is 2.21 bits per heavy atom. The maximum Gasteiger partial charge on any atom is 0.0483 e. The summed E-state index contributed by atoms with van der Waals surface area (Å²) in [6, 6.07) is 8.81. The summed E-state index contributed by atoms with van der Waals surface area (Å²) in [5, 5.41) is 1.28. The van der Waals surface area contributed by atoms with Crippen LogP contribution in [-0.4, -0.2) is 4.57 Å². The van der Waals surface area contributed by atoms with E-state index in [1.54, 1.807) is 0 Å². The van der Waals surface area contributed by atoms with Crippen molar-refractivity contribution in [2.24, 2.45) is 5.73 Å². The fourth-order valence-electron chi connectivity index (χ4n) is 2.24. The molecule has 0 aliphatic carbocycles. The van der Waals surface area contributed by atoms with Gasteiger partial charge in [-0.3, -0.25) is 0 Å². The van der Waals surface area contributed by atoms with Crippen LogP contribution in [0.15, 0.2) is 28.7 Å². The van der Waals surface area contributed by atoms with Crippen molar-refractivity contribution in [2.75, 3.05) is 0 Å². The van der Waals surface area contributed by atoms with Crippen LogP contribution in [0.5, 0.6) is 0 Å². The molecule has 3 heteroatoms. The molecule has 2 heterocycles. The quantitative estimate of drug-likeness (QED) is 0.766. The first-order chi connectivity index (χ1) is 6.75. The van der Waals surface area contributed by atoms with Crippen molar-refractivity contribution in [2.45, 2.75) is 19.0 Å². The number of aryl methyl sites for hydroxylation is 1. The van der Waals surface area contributed by atoms with Gasteiger partial charge in [0.15, 0.2) is 0 Å². The maximum absolute atomic E-state index is 6.02. The van der Waals surface area contributed by atoms with Gasteiger partial charge in [-0.05, 0) is 30.7 Å². The molecule has 1 unspecified atom stereocenters. The highest BCUT2D eigenvalue weighted by Crippen LogP contribution is 2.32. The fraction of sp³-hybridized carbons (Fsp3) is 0.273. The number of hydrogen-bond donors (Lipinski definition) is 1. The van der Waals surface area contributed by atoms with Crippen molar-refractivity contribution >= 4 is 26.8 Å². The highest BCUT2D eigenvalue weighted by molar-refractivity contribution is 9.10. The molecule has 0 amide bonds. The minimum Gasteiger partial charge on any atom is -0.343 e. The lowest BCUT2D eigenvalue weighted by Crippen LogP contribution is -2.04. The fourth-order valence-corrected chi connectivity index (χ4v) is 2.61. The van der Waals surface area contributed by atoms with E-state index in [4.69, 9.17) is 5.73 Å². The number of hydrogen-bond acceptors (Lipinski definition) is 1. The Morgan fingerprint density at radius 1 is 1.36 bits per heavy atom. The average molecular weight is 251 g/mol. The van der Waals surface area contributed by atoms with Gasteiger partial charge in [0.05, 0.1) is 0 Å². The smallest absolute Gasteiger partial charge is 0.0483 e. The van der Waals surface area contributed by atoms with Crippen LogP contribution >= 0.6 is 15.9 Å². The molecular weight excluding hydrogens is 240 g/mol. The Morgan fingerprint density at radius 3 is 3.07 bits per heavy atom. The highest BCUT2D eigenvalue weighted by Gasteiger charge is 2.20. The molecule has 1 aliphatic rings. The van der Waals surface area contributed by atoms with E-state index in [2.05, 4.69) is 44.8 Å². The first kappa shape index (κ1) is 8.50. The Hall–Kier alpha value is -0.800. The van der Waals surface area contributed by atoms with Crippen molar-refractivity contribution in [3.63, 3.8) is 0 Å². The van der Waals surface area contributed by atoms with Crippen molar-refractivity contribution in [3.05, 3.63) is 34.4 Å². The van der Waals surface area contributed by atoms with Gasteiger partial charge in [-0.25, -0.2) is 0 Å². The Balaban J connectivity index is 2.34. The number of nitrogens with zero attached hydrogens (tertiary/aromatic N) is 1. The summed E-state index contributed by atoms with van der Waals surface area (Å²) in [5.41, 5.74) is 8.59. The predicted molar refractivity (Wildman–Crippen MR) is 61.2 cm³/mol. The molecule has 2 N–H and O–H groups in total. The van der Waals surface area contributed by atoms with Crippen LogP contribution in [0, 0.1) is 0 Å². The van der Waals surface area contributed by atoms with Crippen molar-refractivity contribution < 1.29 is 0 Å². The van der Waals surface area contributed by atoms with Crippen molar-refractivity contribution in [1.82, 2.24) is 4.57 Å². The number of aromatic nitrogens is 1. The van der Waals surface area contributed by atoms with E-state index >= 15 is 0 Å². The largest absolute Gasteiger partial charge is 0.343 e. The lowest BCUT2D eigenvalue weighted by molar-refractivity contribution is 0.691. The van der Waals surface area contributed by atoms with Gasteiger partial charge in [0.2, 0.25) is 0 Å². The minimum absolute atomic E-state index is 0.223. The lowest BCUT2D eigenvalue weighted by Gasteiger charge is -1.99. The molecule has 0 bridgehead atoms. The van der Waals surface area contributed by atoms with E-state index in [-0.39, 0.29) is 6.04 Å². The molecule has 0 saturated heterocycles. The molecule has 1 atom stereocenters. The summed E-state index contributed by atoms with van der Waals surface area (Å²) in [6.07, 6.45) is 1.07. The van der Waals surface area contributed by atoms with Crippen LogP contribution < -0.4 is 5.73 Å². The number of fused-ring (bicyclic) bond motifs is 3. The second kappa shape index (κ2) is 2.84. The molecule has 0 fully saturated rings. The van der Waals surface area contributed by atoms with Crippen molar-refractivity contribution in [1.29, 1.82) is 0 Å². The zero-order valence-electron chi connectivity index (χ0n) is 7.70. The second-order valence-electron chi connectivity index (χ2n) is 3.82. The first-order valence-electron chi connectivity index (χ1n) is 4.80. The summed E-state index contributed by atoms with van der Waals surface area (Å²) in [4.78, 5) is 0. The van der Waals surface area contributed by atoms with Gasteiger partial charge >= 0.3 is 0 Å². The third-order valence-corrected chi connectivity index (χ3v) is 3.43. The van der Waals surface area contributed by atoms with Crippen LogP contribution in [0.2, 0.25) is 0 Å². The molecule has 3 rings (SSSR count). The summed E-state index contributed by atoms with van der Waals surface area (Å²) < 4.78 is 3.45. The monoisotopic (exact) mass is 250 g/mol. The van der Waals surface area contributed by atoms with Crippen LogP contribution in [-0.2, 0) is 6.54 Å². The van der Waals surface area contributed by atoms with E-state index < -0.39 is 0 Å². The standard InChI is InChI=1S/C11H11BrN2/c12-8-1-2-10-7(5-8)6-11-9(13)3-4-14(10)11/h1-2,5-6,9H,3-4,13H2. The van der Waals surface area contributed by atoms with Crippen molar-refractivity contribution in [3.8, 4) is 0 Å². The van der Waals surface area contributed by atoms with E-state index in [1.807, 2.05) is 0 Å². The predicted octanol–water partition coefficient (Wildman–Crippen LogP) is 2.81. The van der Waals surface area contributed by atoms with Gasteiger partial charge in [0.1, 0.15) is 0 Å². The minimum atomic E-state index is 0.223. The van der Waals surface area contributed by atoms with E-state index in [1.165, 1.54) is 16.6 Å². The molecule has 72 valence electrons. The lowest BCUT2D eigenvalue weighted by atomic mass is 10.2. The van der Waals surface area contributed by atoms with Gasteiger partial charge in [-0.15, -0.1) is 0 Å². The first-order valence-corrected chi connectivity index (χ1v) is 5.59. The van der Waals surface area contributed by atoms with Gasteiger partial charge in [-0.1, -0.05) is 15.9 Å². The molecule has 14 heavy (non-hydrogen) atoms. The molecule has 1 aromatic heterocycles. The van der Waals surface area contributed by atoms with Crippen LogP contribution in [0.1, 0.15) is 18.2 Å². The second-order valence-corrected chi connectivity index (χ2v) is 4.73. The summed E-state index contributed by atoms with van der Waals surface area (Å²) >= 11 is 3.48.